The third-order valence-corrected chi connectivity index (χ3v) is 5.03. The second-order valence-corrected chi connectivity index (χ2v) is 6.05. The molecule has 12 radical (unpaired) electrons. The van der Waals surface area contributed by atoms with E-state index in [0.29, 0.717) is 0 Å². The minimum Gasteiger partial charge on any atom is 2.00 e. The molecular weight excluding hydrogens is 398 g/mol. The molecule has 19 heavy (non-hydrogen) atoms. The van der Waals surface area contributed by atoms with Crippen LogP contribution >= 0.6 is 0 Å². The third-order valence-electron chi connectivity index (χ3n) is 2.48. The summed E-state index contributed by atoms with van der Waals surface area (Å²) in [6, 6.07) is 0. The molecule has 0 aliphatic heterocycles. The smallest absolute Gasteiger partial charge is 2.00 e. The van der Waals surface area contributed by atoms with Crippen molar-refractivity contribution in [1.82, 2.24) is 0 Å². The molecule has 3 aliphatic carbocycles. The summed E-state index contributed by atoms with van der Waals surface area (Å²) < 4.78 is 2.91. The van der Waals surface area contributed by atoms with E-state index in [4.69, 9.17) is 0 Å². The first kappa shape index (κ1) is 20.5. The van der Waals surface area contributed by atoms with Crippen LogP contribution in [0.5, 0.6) is 0 Å². The van der Waals surface area contributed by atoms with Gasteiger partial charge in [-0.2, -0.15) is 0 Å². The normalized spacial score (nSPS) is 21.7. The van der Waals surface area contributed by atoms with E-state index in [9.17, 15) is 0 Å². The first-order valence-corrected chi connectivity index (χ1v) is 7.91. The van der Waals surface area contributed by atoms with Gasteiger partial charge in [-0.3, -0.25) is 0 Å². The predicted molar refractivity (Wildman–Crippen MR) is 80.0 cm³/mol. The molecular formula is C16H18Se2Ti+2. The molecule has 0 heterocycles. The molecule has 0 nitrogen and oxygen atoms in total. The van der Waals surface area contributed by atoms with Crippen LogP contribution in [-0.2, 0) is 21.7 Å². The first-order valence-electron chi connectivity index (χ1n) is 6.20. The van der Waals surface area contributed by atoms with Crippen LogP contribution in [0.2, 0.25) is 0 Å². The van der Waals surface area contributed by atoms with Gasteiger partial charge < -0.3 is 0 Å². The Hall–Kier alpha value is 1.49. The Morgan fingerprint density at radius 3 is 0.895 bits per heavy atom. The number of hydrogen-bond donors (Lipinski definition) is 0. The van der Waals surface area contributed by atoms with Crippen molar-refractivity contribution in [1.29, 1.82) is 0 Å². The van der Waals surface area contributed by atoms with Crippen LogP contribution in [0.4, 0.5) is 0 Å². The van der Waals surface area contributed by atoms with Gasteiger partial charge in [-0.25, -0.2) is 0 Å². The van der Waals surface area contributed by atoms with Crippen molar-refractivity contribution in [2.45, 2.75) is 25.7 Å². The molecule has 0 spiro atoms. The topological polar surface area (TPSA) is 0 Å². The van der Waals surface area contributed by atoms with E-state index in [1.165, 1.54) is 34.6 Å². The molecule has 0 bridgehead atoms. The molecule has 0 aromatic heterocycles. The van der Waals surface area contributed by atoms with Crippen molar-refractivity contribution in [2.24, 2.45) is 0 Å². The molecule has 96 valence electrons. The van der Waals surface area contributed by atoms with Gasteiger partial charge >= 0.3 is 88.4 Å². The van der Waals surface area contributed by atoms with Gasteiger partial charge in [0.2, 0.25) is 0 Å². The Labute approximate surface area is 151 Å². The predicted octanol–water partition coefficient (Wildman–Crippen LogP) is 3.15. The van der Waals surface area contributed by atoms with E-state index in [1.54, 1.807) is 0 Å². The molecule has 0 atom stereocenters. The summed E-state index contributed by atoms with van der Waals surface area (Å²) in [6.45, 7) is 0. The molecule has 0 amide bonds. The van der Waals surface area contributed by atoms with Crippen LogP contribution in [-0.4, -0.2) is 32.0 Å². The van der Waals surface area contributed by atoms with Crippen LogP contribution in [0.15, 0.2) is 8.94 Å². The Balaban J connectivity index is 0.000000259. The van der Waals surface area contributed by atoms with E-state index < -0.39 is 0 Å². The zero-order valence-electron chi connectivity index (χ0n) is 10.9. The van der Waals surface area contributed by atoms with Crippen LogP contribution < -0.4 is 0 Å². The standard InChI is InChI=1S/C6H8Se2.2C5H5.Ti/c7-5-3-1-2-4-6(5)8;2*1-2-4-5-3-1;/h1-4H2;2*1-5H;/q;;;+2. The maximum Gasteiger partial charge on any atom is 2.00 e. The van der Waals surface area contributed by atoms with Gasteiger partial charge in [-0.15, -0.1) is 0 Å². The van der Waals surface area contributed by atoms with Gasteiger partial charge in [0.05, 0.1) is 0 Å². The molecule has 2 saturated carbocycles. The summed E-state index contributed by atoms with van der Waals surface area (Å²) >= 11 is 6.15. The second kappa shape index (κ2) is 14.4. The van der Waals surface area contributed by atoms with E-state index in [2.05, 4.69) is 32.0 Å². The van der Waals surface area contributed by atoms with Crippen LogP contribution in [0.25, 0.3) is 0 Å². The zero-order chi connectivity index (χ0) is 13.1. The summed E-state index contributed by atoms with van der Waals surface area (Å²) in [7, 11) is 0. The van der Waals surface area contributed by atoms with E-state index in [-0.39, 0.29) is 21.7 Å². The van der Waals surface area contributed by atoms with Gasteiger partial charge in [-0.1, -0.05) is 0 Å². The monoisotopic (exact) mass is 418 g/mol. The summed E-state index contributed by atoms with van der Waals surface area (Å²) in [6.07, 6.45) is 25.3. The van der Waals surface area contributed by atoms with E-state index in [0.717, 1.165) is 0 Å². The maximum atomic E-state index is 3.08. The summed E-state index contributed by atoms with van der Waals surface area (Å²) in [4.78, 5) is 0. The Morgan fingerprint density at radius 1 is 0.526 bits per heavy atom. The third kappa shape index (κ3) is 11.8. The zero-order valence-corrected chi connectivity index (χ0v) is 15.9. The molecule has 3 aliphatic rings. The Bertz CT molecular complexity index is 192. The number of hydrogen-bond acceptors (Lipinski definition) is 0. The molecule has 0 unspecified atom stereocenters. The molecule has 3 rings (SSSR count). The van der Waals surface area contributed by atoms with E-state index >= 15 is 0 Å². The van der Waals surface area contributed by atoms with Crippen molar-refractivity contribution in [3.63, 3.8) is 0 Å². The van der Waals surface area contributed by atoms with Gasteiger partial charge in [0.25, 0.3) is 0 Å². The van der Waals surface area contributed by atoms with Crippen molar-refractivity contribution < 1.29 is 21.7 Å². The summed E-state index contributed by atoms with van der Waals surface area (Å²) in [5.41, 5.74) is 0. The molecule has 0 aromatic rings. The van der Waals surface area contributed by atoms with Gasteiger partial charge in [0, 0.05) is 0 Å². The summed E-state index contributed by atoms with van der Waals surface area (Å²) in [5.74, 6) is 0. The van der Waals surface area contributed by atoms with Crippen molar-refractivity contribution in [2.75, 3.05) is 0 Å². The maximum absolute atomic E-state index is 3.08. The fourth-order valence-electron chi connectivity index (χ4n) is 1.49. The largest absolute Gasteiger partial charge is 2.00 e. The average molecular weight is 416 g/mol. The fourth-order valence-corrected chi connectivity index (χ4v) is 2.53. The fraction of sp³-hybridized carbons (Fsp3) is 0.250. The summed E-state index contributed by atoms with van der Waals surface area (Å²) in [5, 5.41) is 0. The van der Waals surface area contributed by atoms with E-state index in [1.807, 2.05) is 64.2 Å². The van der Waals surface area contributed by atoms with Crippen LogP contribution in [0.3, 0.4) is 0 Å². The Morgan fingerprint density at radius 2 is 0.737 bits per heavy atom. The molecule has 2 fully saturated rings. The quantitative estimate of drug-likeness (QED) is 0.533. The van der Waals surface area contributed by atoms with Crippen LogP contribution in [0, 0.1) is 64.2 Å². The van der Waals surface area contributed by atoms with Crippen molar-refractivity contribution >= 4 is 32.0 Å². The minimum atomic E-state index is 0. The second-order valence-electron chi connectivity index (χ2n) is 3.98. The van der Waals surface area contributed by atoms with Crippen molar-refractivity contribution in [3.8, 4) is 0 Å². The number of rotatable bonds is 0. The van der Waals surface area contributed by atoms with Gasteiger partial charge in [-0.05, 0) is 64.2 Å². The van der Waals surface area contributed by atoms with Crippen molar-refractivity contribution in [3.05, 3.63) is 73.2 Å². The van der Waals surface area contributed by atoms with Gasteiger partial charge in [0.15, 0.2) is 0 Å². The minimum absolute atomic E-state index is 0. The van der Waals surface area contributed by atoms with Crippen LogP contribution in [0.1, 0.15) is 25.7 Å². The molecule has 3 heteroatoms. The molecule has 0 saturated heterocycles. The average Bonchev–Trinajstić information content (AvgIpc) is 3.11. The molecule has 0 N–H and O–H groups in total. The Kier molecular flexibility index (Phi) is 15.6. The number of allylic oxidation sites excluding steroid dienone is 2. The first-order chi connectivity index (χ1) is 8.80. The SMILES string of the molecule is [CH]1[CH][CH][CH][CH]1.[CH]1[CH][CH][CH][CH]1.[Se]C1=C([Se])CCCC1.[Ti+2]. The molecule has 0 aromatic carbocycles. The van der Waals surface area contributed by atoms with Gasteiger partial charge in [0.1, 0.15) is 0 Å².